The van der Waals surface area contributed by atoms with Crippen molar-refractivity contribution in [3.63, 3.8) is 0 Å². The van der Waals surface area contributed by atoms with Gasteiger partial charge in [-0.1, -0.05) is 6.07 Å². The van der Waals surface area contributed by atoms with E-state index in [2.05, 4.69) is 10.2 Å². The molecule has 1 amide bonds. The number of aliphatic imine (C=N–C) groups is 1. The molecule has 1 heterocycles. The first-order chi connectivity index (χ1) is 12.7. The van der Waals surface area contributed by atoms with Crippen LogP contribution in [0.25, 0.3) is 0 Å². The Balaban J connectivity index is 1.79. The van der Waals surface area contributed by atoms with E-state index in [4.69, 9.17) is 9.73 Å². The van der Waals surface area contributed by atoms with Gasteiger partial charge in [-0.3, -0.25) is 5.32 Å². The zero-order valence-electron chi connectivity index (χ0n) is 16.5. The zero-order valence-corrected chi connectivity index (χ0v) is 17.4. The standard InChI is InChI=1S/C20H29N3O3S/c1-14(23-9-11-27-12-10-23)21-16-6-5-15-7-8-20(25,17(15)13-16)22-18(24)26-19(2,3)4/h5-6,13,25H,7-12H2,1-4H3,(H,22,24)/t20-/m1/s1. The highest BCUT2D eigenvalue weighted by atomic mass is 32.2. The summed E-state index contributed by atoms with van der Waals surface area (Å²) in [5, 5.41) is 13.7. The molecule has 27 heavy (non-hydrogen) atoms. The first-order valence-corrected chi connectivity index (χ1v) is 10.6. The molecule has 1 saturated heterocycles. The van der Waals surface area contributed by atoms with Gasteiger partial charge >= 0.3 is 6.09 Å². The minimum absolute atomic E-state index is 0.428. The number of nitrogens with one attached hydrogen (secondary N) is 1. The Labute approximate surface area is 165 Å². The zero-order chi connectivity index (χ0) is 19.7. The maximum absolute atomic E-state index is 12.2. The van der Waals surface area contributed by atoms with Crippen LogP contribution in [-0.4, -0.2) is 52.1 Å². The maximum atomic E-state index is 12.2. The van der Waals surface area contributed by atoms with Gasteiger partial charge in [0.2, 0.25) is 0 Å². The van der Waals surface area contributed by atoms with Crippen molar-refractivity contribution in [3.8, 4) is 0 Å². The molecule has 1 aliphatic heterocycles. The first-order valence-electron chi connectivity index (χ1n) is 9.41. The molecule has 1 atom stereocenters. The van der Waals surface area contributed by atoms with Crippen molar-refractivity contribution >= 4 is 29.4 Å². The number of rotatable bonds is 2. The number of hydrogen-bond acceptors (Lipinski definition) is 5. The van der Waals surface area contributed by atoms with Gasteiger partial charge < -0.3 is 14.7 Å². The Morgan fingerprint density at radius 2 is 2.04 bits per heavy atom. The summed E-state index contributed by atoms with van der Waals surface area (Å²) in [5.41, 5.74) is 0.489. The third-order valence-corrected chi connectivity index (χ3v) is 5.71. The minimum Gasteiger partial charge on any atom is -0.444 e. The van der Waals surface area contributed by atoms with Crippen molar-refractivity contribution < 1.29 is 14.6 Å². The molecule has 0 radical (unpaired) electrons. The quantitative estimate of drug-likeness (QED) is 0.459. The van der Waals surface area contributed by atoms with Gasteiger partial charge in [-0.2, -0.15) is 11.8 Å². The second-order valence-electron chi connectivity index (χ2n) is 8.09. The molecule has 1 aliphatic carbocycles. The molecule has 0 unspecified atom stereocenters. The summed E-state index contributed by atoms with van der Waals surface area (Å²) in [4.78, 5) is 19.2. The number of amides is 1. The highest BCUT2D eigenvalue weighted by Gasteiger charge is 2.39. The third-order valence-electron chi connectivity index (χ3n) is 4.76. The number of alkyl carbamates (subject to hydrolysis) is 1. The van der Waals surface area contributed by atoms with E-state index in [1.54, 1.807) is 20.8 Å². The Kier molecular flexibility index (Phi) is 5.72. The Morgan fingerprint density at radius 3 is 2.70 bits per heavy atom. The molecular formula is C20H29N3O3S. The van der Waals surface area contributed by atoms with E-state index in [0.29, 0.717) is 18.4 Å². The molecule has 7 heteroatoms. The van der Waals surface area contributed by atoms with E-state index in [-0.39, 0.29) is 0 Å². The largest absolute Gasteiger partial charge is 0.444 e. The van der Waals surface area contributed by atoms with E-state index in [1.165, 1.54) is 0 Å². The number of hydrogen-bond donors (Lipinski definition) is 2. The van der Waals surface area contributed by atoms with Gasteiger partial charge in [-0.15, -0.1) is 0 Å². The predicted molar refractivity (Wildman–Crippen MR) is 110 cm³/mol. The fourth-order valence-electron chi connectivity index (χ4n) is 3.43. The molecule has 3 rings (SSSR count). The third kappa shape index (κ3) is 4.96. The van der Waals surface area contributed by atoms with Crippen LogP contribution in [0.1, 0.15) is 45.2 Å². The lowest BCUT2D eigenvalue weighted by molar-refractivity contribution is -0.0163. The number of fused-ring (bicyclic) bond motifs is 1. The van der Waals surface area contributed by atoms with Crippen LogP contribution in [0.3, 0.4) is 0 Å². The second kappa shape index (κ2) is 7.72. The summed E-state index contributed by atoms with van der Waals surface area (Å²) in [6.07, 6.45) is 0.513. The first kappa shape index (κ1) is 20.0. The predicted octanol–water partition coefficient (Wildman–Crippen LogP) is 3.40. The van der Waals surface area contributed by atoms with E-state index in [1.807, 2.05) is 36.9 Å². The number of aryl methyl sites for hydroxylation is 1. The fourth-order valence-corrected chi connectivity index (χ4v) is 4.34. The smallest absolute Gasteiger partial charge is 0.410 e. The fraction of sp³-hybridized carbons (Fsp3) is 0.600. The molecule has 0 bridgehead atoms. The van der Waals surface area contributed by atoms with Crippen molar-refractivity contribution in [2.24, 2.45) is 4.99 Å². The molecule has 1 aromatic rings. The number of aliphatic hydroxyl groups is 1. The maximum Gasteiger partial charge on any atom is 0.410 e. The molecule has 0 saturated carbocycles. The monoisotopic (exact) mass is 391 g/mol. The van der Waals surface area contributed by atoms with Crippen LogP contribution in [-0.2, 0) is 16.9 Å². The SMILES string of the molecule is CC(=Nc1ccc2c(c1)[C@@](O)(NC(=O)OC(C)(C)C)CC2)N1CCSCC1. The van der Waals surface area contributed by atoms with Gasteiger partial charge in [0.25, 0.3) is 0 Å². The van der Waals surface area contributed by atoms with Gasteiger partial charge in [0.15, 0.2) is 5.72 Å². The van der Waals surface area contributed by atoms with Crippen molar-refractivity contribution in [2.75, 3.05) is 24.6 Å². The number of ether oxygens (including phenoxy) is 1. The van der Waals surface area contributed by atoms with Crippen LogP contribution in [0, 0.1) is 0 Å². The van der Waals surface area contributed by atoms with Crippen LogP contribution < -0.4 is 5.32 Å². The summed E-state index contributed by atoms with van der Waals surface area (Å²) in [6, 6.07) is 5.84. The molecule has 1 aromatic carbocycles. The lowest BCUT2D eigenvalue weighted by Gasteiger charge is -2.29. The van der Waals surface area contributed by atoms with Gasteiger partial charge in [0, 0.05) is 36.6 Å². The molecule has 0 spiro atoms. The lowest BCUT2D eigenvalue weighted by Crippen LogP contribution is -2.46. The molecule has 1 fully saturated rings. The lowest BCUT2D eigenvalue weighted by atomic mass is 10.0. The Hall–Kier alpha value is -1.73. The molecule has 0 aromatic heterocycles. The average molecular weight is 392 g/mol. The molecular weight excluding hydrogens is 362 g/mol. The highest BCUT2D eigenvalue weighted by molar-refractivity contribution is 7.99. The van der Waals surface area contributed by atoms with E-state index < -0.39 is 17.4 Å². The van der Waals surface area contributed by atoms with Gasteiger partial charge in [0.1, 0.15) is 11.4 Å². The van der Waals surface area contributed by atoms with Gasteiger partial charge in [-0.25, -0.2) is 9.79 Å². The summed E-state index contributed by atoms with van der Waals surface area (Å²) < 4.78 is 5.31. The number of carbonyl (C=O) groups excluding carboxylic acids is 1. The minimum atomic E-state index is -1.42. The molecule has 2 aliphatic rings. The summed E-state index contributed by atoms with van der Waals surface area (Å²) in [6.45, 7) is 9.44. The van der Waals surface area contributed by atoms with E-state index >= 15 is 0 Å². The highest BCUT2D eigenvalue weighted by Crippen LogP contribution is 2.37. The van der Waals surface area contributed by atoms with Crippen molar-refractivity contribution in [1.82, 2.24) is 10.2 Å². The van der Waals surface area contributed by atoms with Crippen LogP contribution in [0.15, 0.2) is 23.2 Å². The van der Waals surface area contributed by atoms with Gasteiger partial charge in [-0.05, 0) is 51.8 Å². The van der Waals surface area contributed by atoms with Crippen LogP contribution >= 0.6 is 11.8 Å². The molecule has 6 nitrogen and oxygen atoms in total. The van der Waals surface area contributed by atoms with E-state index in [9.17, 15) is 9.90 Å². The van der Waals surface area contributed by atoms with Crippen molar-refractivity contribution in [1.29, 1.82) is 0 Å². The molecule has 2 N–H and O–H groups in total. The van der Waals surface area contributed by atoms with Gasteiger partial charge in [0.05, 0.1) is 5.69 Å². The number of carbonyl (C=O) groups is 1. The summed E-state index contributed by atoms with van der Waals surface area (Å²) >= 11 is 1.97. The average Bonchev–Trinajstić information content (AvgIpc) is 2.90. The Morgan fingerprint density at radius 1 is 1.33 bits per heavy atom. The molecule has 148 valence electrons. The topological polar surface area (TPSA) is 74.2 Å². The van der Waals surface area contributed by atoms with Crippen LogP contribution in [0.4, 0.5) is 10.5 Å². The van der Waals surface area contributed by atoms with Crippen LogP contribution in [0.2, 0.25) is 0 Å². The summed E-state index contributed by atoms with van der Waals surface area (Å²) in [5.74, 6) is 3.23. The second-order valence-corrected chi connectivity index (χ2v) is 9.31. The Bertz CT molecular complexity index is 738. The van der Waals surface area contributed by atoms with Crippen molar-refractivity contribution in [2.45, 2.75) is 51.9 Å². The van der Waals surface area contributed by atoms with E-state index in [0.717, 1.165) is 41.7 Å². The van der Waals surface area contributed by atoms with Crippen LogP contribution in [0.5, 0.6) is 0 Å². The summed E-state index contributed by atoms with van der Waals surface area (Å²) in [7, 11) is 0. The number of nitrogens with zero attached hydrogens (tertiary/aromatic N) is 2. The number of thioether (sulfide) groups is 1. The number of amidine groups is 1. The number of benzene rings is 1. The normalized spacial score (nSPS) is 23.1. The van der Waals surface area contributed by atoms with Crippen molar-refractivity contribution in [3.05, 3.63) is 29.3 Å².